The van der Waals surface area contributed by atoms with Crippen LogP contribution < -0.4 is 4.90 Å². The van der Waals surface area contributed by atoms with Gasteiger partial charge in [-0.15, -0.1) is 0 Å². The van der Waals surface area contributed by atoms with Gasteiger partial charge in [0.15, 0.2) is 6.61 Å². The number of hydrogen-bond acceptors (Lipinski definition) is 5. The van der Waals surface area contributed by atoms with Gasteiger partial charge in [-0.1, -0.05) is 36.4 Å². The minimum Gasteiger partial charge on any atom is -0.452 e. The number of benzene rings is 2. The number of esters is 1. The summed E-state index contributed by atoms with van der Waals surface area (Å²) < 4.78 is 5.55. The molecule has 0 saturated carbocycles. The zero-order valence-electron chi connectivity index (χ0n) is 16.9. The van der Waals surface area contributed by atoms with E-state index < -0.39 is 5.97 Å². The Morgan fingerprint density at radius 2 is 1.83 bits per heavy atom. The van der Waals surface area contributed by atoms with Crippen molar-refractivity contribution in [3.8, 4) is 0 Å². The second-order valence-corrected chi connectivity index (χ2v) is 7.92. The van der Waals surface area contributed by atoms with Crippen LogP contribution >= 0.6 is 0 Å². The molecule has 3 heterocycles. The number of nitrogens with zero attached hydrogens (tertiary/aromatic N) is 3. The lowest BCUT2D eigenvalue weighted by Crippen LogP contribution is -2.34. The van der Waals surface area contributed by atoms with Gasteiger partial charge in [-0.05, 0) is 31.2 Å². The Bertz CT molecular complexity index is 1160. The normalized spacial score (nSPS) is 15.7. The van der Waals surface area contributed by atoms with Gasteiger partial charge in [-0.3, -0.25) is 9.78 Å². The van der Waals surface area contributed by atoms with Crippen molar-refractivity contribution in [2.75, 3.05) is 31.6 Å². The van der Waals surface area contributed by atoms with Crippen LogP contribution in [0.25, 0.3) is 10.9 Å². The van der Waals surface area contributed by atoms with E-state index >= 15 is 0 Å². The number of fused-ring (bicyclic) bond motifs is 3. The van der Waals surface area contributed by atoms with Crippen LogP contribution in [0.1, 0.15) is 27.2 Å². The van der Waals surface area contributed by atoms with E-state index in [1.807, 2.05) is 55.6 Å². The summed E-state index contributed by atoms with van der Waals surface area (Å²) in [6.45, 7) is 1.90. The Labute approximate surface area is 175 Å². The van der Waals surface area contributed by atoms with Gasteiger partial charge in [0.25, 0.3) is 5.91 Å². The SMILES string of the molecule is CN1CCc2nc3ccccc3c(C(=O)OCC(=O)N3CCc4ccccc43)c2C1. The zero-order valence-corrected chi connectivity index (χ0v) is 16.9. The Morgan fingerprint density at radius 1 is 1.03 bits per heavy atom. The first kappa shape index (κ1) is 18.8. The summed E-state index contributed by atoms with van der Waals surface area (Å²) in [6.07, 6.45) is 1.62. The molecule has 0 saturated heterocycles. The van der Waals surface area contributed by atoms with Crippen LogP contribution in [0.5, 0.6) is 0 Å². The number of rotatable bonds is 3. The third-order valence-corrected chi connectivity index (χ3v) is 5.96. The monoisotopic (exact) mass is 401 g/mol. The van der Waals surface area contributed by atoms with E-state index in [0.717, 1.165) is 52.8 Å². The van der Waals surface area contributed by atoms with E-state index in [1.165, 1.54) is 0 Å². The fraction of sp³-hybridized carbons (Fsp3) is 0.292. The molecule has 1 aromatic heterocycles. The summed E-state index contributed by atoms with van der Waals surface area (Å²) in [4.78, 5) is 34.6. The number of hydrogen-bond donors (Lipinski definition) is 0. The molecule has 0 N–H and O–H groups in total. The fourth-order valence-corrected chi connectivity index (χ4v) is 4.43. The van der Waals surface area contributed by atoms with Crippen LogP contribution in [-0.4, -0.2) is 48.5 Å². The van der Waals surface area contributed by atoms with E-state index in [2.05, 4.69) is 4.90 Å². The summed E-state index contributed by atoms with van der Waals surface area (Å²) in [5.41, 5.74) is 5.23. The first-order valence-electron chi connectivity index (χ1n) is 10.3. The van der Waals surface area contributed by atoms with Crippen molar-refractivity contribution < 1.29 is 14.3 Å². The van der Waals surface area contributed by atoms with Crippen molar-refractivity contribution in [1.29, 1.82) is 0 Å². The summed E-state index contributed by atoms with van der Waals surface area (Å²) in [5, 5.41) is 0.774. The molecule has 0 aliphatic carbocycles. The van der Waals surface area contributed by atoms with Crippen molar-refractivity contribution in [1.82, 2.24) is 9.88 Å². The number of amides is 1. The number of carbonyl (C=O) groups is 2. The number of anilines is 1. The highest BCUT2D eigenvalue weighted by atomic mass is 16.5. The van der Waals surface area contributed by atoms with E-state index in [9.17, 15) is 9.59 Å². The molecule has 5 rings (SSSR count). The number of ether oxygens (including phenoxy) is 1. The van der Waals surface area contributed by atoms with Crippen LogP contribution in [0.2, 0.25) is 0 Å². The number of likely N-dealkylation sites (N-methyl/N-ethyl adjacent to an activating group) is 1. The van der Waals surface area contributed by atoms with Gasteiger partial charge >= 0.3 is 5.97 Å². The summed E-state index contributed by atoms with van der Waals surface area (Å²) >= 11 is 0. The van der Waals surface area contributed by atoms with Crippen LogP contribution in [-0.2, 0) is 28.9 Å². The summed E-state index contributed by atoms with van der Waals surface area (Å²) in [7, 11) is 2.03. The number of aromatic nitrogens is 1. The van der Waals surface area contributed by atoms with Gasteiger partial charge in [0.05, 0.1) is 11.1 Å². The predicted molar refractivity (Wildman–Crippen MR) is 115 cm³/mol. The standard InChI is InChI=1S/C24H23N3O3/c1-26-12-11-20-18(14-26)23(17-7-3-4-8-19(17)25-20)24(29)30-15-22(28)27-13-10-16-6-2-5-9-21(16)27/h2-9H,10-15H2,1H3. The zero-order chi connectivity index (χ0) is 20.7. The first-order valence-corrected chi connectivity index (χ1v) is 10.3. The van der Waals surface area contributed by atoms with Gasteiger partial charge in [0.2, 0.25) is 0 Å². The molecule has 2 aliphatic rings. The quantitative estimate of drug-likeness (QED) is 0.632. The topological polar surface area (TPSA) is 62.7 Å². The molecular weight excluding hydrogens is 378 g/mol. The van der Waals surface area contributed by atoms with Crippen LogP contribution in [0.15, 0.2) is 48.5 Å². The molecule has 0 spiro atoms. The van der Waals surface area contributed by atoms with E-state index in [0.29, 0.717) is 18.7 Å². The molecule has 2 aromatic carbocycles. The minimum atomic E-state index is -0.457. The summed E-state index contributed by atoms with van der Waals surface area (Å²) in [5.74, 6) is -0.654. The highest BCUT2D eigenvalue weighted by molar-refractivity contribution is 6.06. The fourth-order valence-electron chi connectivity index (χ4n) is 4.43. The molecule has 6 heteroatoms. The maximum Gasteiger partial charge on any atom is 0.339 e. The Kier molecular flexibility index (Phi) is 4.71. The smallest absolute Gasteiger partial charge is 0.339 e. The van der Waals surface area contributed by atoms with Gasteiger partial charge in [0, 0.05) is 48.4 Å². The minimum absolute atomic E-state index is 0.197. The third kappa shape index (κ3) is 3.23. The Balaban J connectivity index is 1.42. The number of pyridine rings is 1. The molecule has 6 nitrogen and oxygen atoms in total. The molecule has 1 amide bonds. The molecule has 152 valence electrons. The molecule has 2 aliphatic heterocycles. The maximum atomic E-state index is 13.2. The van der Waals surface area contributed by atoms with Crippen LogP contribution in [0, 0.1) is 0 Å². The maximum absolute atomic E-state index is 13.2. The molecule has 0 radical (unpaired) electrons. The highest BCUT2D eigenvalue weighted by Crippen LogP contribution is 2.29. The molecule has 0 unspecified atom stereocenters. The average molecular weight is 401 g/mol. The van der Waals surface area contributed by atoms with Crippen molar-refractivity contribution in [3.63, 3.8) is 0 Å². The largest absolute Gasteiger partial charge is 0.452 e. The van der Waals surface area contributed by atoms with E-state index in [4.69, 9.17) is 9.72 Å². The highest BCUT2D eigenvalue weighted by Gasteiger charge is 2.28. The summed E-state index contributed by atoms with van der Waals surface area (Å²) in [6, 6.07) is 15.5. The number of carbonyl (C=O) groups excluding carboxylic acids is 2. The van der Waals surface area contributed by atoms with Gasteiger partial charge in [-0.2, -0.15) is 0 Å². The Hall–Kier alpha value is -3.25. The lowest BCUT2D eigenvalue weighted by Gasteiger charge is -2.26. The van der Waals surface area contributed by atoms with Crippen molar-refractivity contribution in [3.05, 3.63) is 70.9 Å². The molecule has 0 fully saturated rings. The Morgan fingerprint density at radius 3 is 2.73 bits per heavy atom. The predicted octanol–water partition coefficient (Wildman–Crippen LogP) is 2.97. The van der Waals surface area contributed by atoms with Gasteiger partial charge in [-0.25, -0.2) is 4.79 Å². The van der Waals surface area contributed by atoms with Gasteiger partial charge < -0.3 is 14.5 Å². The second kappa shape index (κ2) is 7.54. The van der Waals surface area contributed by atoms with E-state index in [-0.39, 0.29) is 12.5 Å². The molecule has 0 bridgehead atoms. The molecular formula is C24H23N3O3. The number of para-hydroxylation sites is 2. The lowest BCUT2D eigenvalue weighted by molar-refractivity contribution is -0.121. The molecule has 30 heavy (non-hydrogen) atoms. The second-order valence-electron chi connectivity index (χ2n) is 7.92. The molecule has 0 atom stereocenters. The van der Waals surface area contributed by atoms with Crippen LogP contribution in [0.4, 0.5) is 5.69 Å². The third-order valence-electron chi connectivity index (χ3n) is 5.96. The van der Waals surface area contributed by atoms with Gasteiger partial charge in [0.1, 0.15) is 0 Å². The first-order chi connectivity index (χ1) is 14.6. The molecule has 3 aromatic rings. The van der Waals surface area contributed by atoms with Crippen molar-refractivity contribution in [2.45, 2.75) is 19.4 Å². The van der Waals surface area contributed by atoms with Crippen molar-refractivity contribution in [2.24, 2.45) is 0 Å². The average Bonchev–Trinajstić information content (AvgIpc) is 3.20. The lowest BCUT2D eigenvalue weighted by atomic mass is 9.96. The van der Waals surface area contributed by atoms with Crippen LogP contribution in [0.3, 0.4) is 0 Å². The van der Waals surface area contributed by atoms with Crippen molar-refractivity contribution >= 4 is 28.5 Å². The van der Waals surface area contributed by atoms with E-state index in [1.54, 1.807) is 4.90 Å².